The molecule has 0 radical (unpaired) electrons. The van der Waals surface area contributed by atoms with Crippen LogP contribution in [-0.2, 0) is 0 Å². The lowest BCUT2D eigenvalue weighted by molar-refractivity contribution is 0.417. The number of halogens is 1. The van der Waals surface area contributed by atoms with Crippen molar-refractivity contribution in [1.82, 2.24) is 0 Å². The van der Waals surface area contributed by atoms with E-state index in [1.54, 1.807) is 7.11 Å². The molecule has 0 aromatic heterocycles. The van der Waals surface area contributed by atoms with Crippen LogP contribution in [0.4, 0.5) is 5.69 Å². The van der Waals surface area contributed by atoms with Gasteiger partial charge in [0.2, 0.25) is 0 Å². The fraction of sp³-hybridized carbons (Fsp3) is 0.0769. The summed E-state index contributed by atoms with van der Waals surface area (Å²) in [4.78, 5) is 0. The number of rotatable bonds is 2. The Labute approximate surface area is 101 Å². The summed E-state index contributed by atoms with van der Waals surface area (Å²) in [5.41, 5.74) is 8.69. The Morgan fingerprint density at radius 1 is 0.938 bits per heavy atom. The second-order valence-electron chi connectivity index (χ2n) is 3.32. The second kappa shape index (κ2) is 5.42. The second-order valence-corrected chi connectivity index (χ2v) is 3.32. The summed E-state index contributed by atoms with van der Waals surface area (Å²) in [5, 5.41) is 0. The van der Waals surface area contributed by atoms with Crippen LogP contribution in [0.5, 0.6) is 5.75 Å². The summed E-state index contributed by atoms with van der Waals surface area (Å²) >= 11 is 0. The van der Waals surface area contributed by atoms with Crippen molar-refractivity contribution in [3.8, 4) is 16.9 Å². The average Bonchev–Trinajstić information content (AvgIpc) is 2.31. The topological polar surface area (TPSA) is 35.2 Å². The molecule has 0 aliphatic rings. The number of methoxy groups -OCH3 is 1. The van der Waals surface area contributed by atoms with E-state index in [4.69, 9.17) is 10.5 Å². The zero-order chi connectivity index (χ0) is 10.7. The quantitative estimate of drug-likeness (QED) is 0.810. The molecular weight excluding hydrogens is 222 g/mol. The number of anilines is 1. The molecule has 2 nitrogen and oxygen atoms in total. The Hall–Kier alpha value is -1.67. The van der Waals surface area contributed by atoms with Gasteiger partial charge in [-0.25, -0.2) is 0 Å². The fourth-order valence-corrected chi connectivity index (χ4v) is 1.52. The maximum atomic E-state index is 5.75. The Morgan fingerprint density at radius 2 is 1.62 bits per heavy atom. The molecule has 2 rings (SSSR count). The summed E-state index contributed by atoms with van der Waals surface area (Å²) in [6, 6.07) is 15.9. The minimum Gasteiger partial charge on any atom is -0.495 e. The van der Waals surface area contributed by atoms with Crippen LogP contribution in [0.2, 0.25) is 0 Å². The van der Waals surface area contributed by atoms with Crippen molar-refractivity contribution in [2.75, 3.05) is 12.8 Å². The van der Waals surface area contributed by atoms with E-state index in [-0.39, 0.29) is 12.4 Å². The van der Waals surface area contributed by atoms with Gasteiger partial charge in [0.05, 0.1) is 12.8 Å². The van der Waals surface area contributed by atoms with Gasteiger partial charge >= 0.3 is 0 Å². The number of benzene rings is 2. The van der Waals surface area contributed by atoms with E-state index >= 15 is 0 Å². The average molecular weight is 236 g/mol. The van der Waals surface area contributed by atoms with Crippen LogP contribution >= 0.6 is 12.4 Å². The van der Waals surface area contributed by atoms with Crippen molar-refractivity contribution in [3.63, 3.8) is 0 Å². The smallest absolute Gasteiger partial charge is 0.142 e. The first-order valence-corrected chi connectivity index (χ1v) is 4.80. The third-order valence-corrected chi connectivity index (χ3v) is 2.34. The highest BCUT2D eigenvalue weighted by Crippen LogP contribution is 2.28. The first kappa shape index (κ1) is 12.4. The van der Waals surface area contributed by atoms with Crippen LogP contribution in [0, 0.1) is 0 Å². The number of nitrogen functional groups attached to an aromatic ring is 1. The Morgan fingerprint density at radius 3 is 2.25 bits per heavy atom. The van der Waals surface area contributed by atoms with Crippen molar-refractivity contribution in [1.29, 1.82) is 0 Å². The predicted molar refractivity (Wildman–Crippen MR) is 70.1 cm³/mol. The molecule has 16 heavy (non-hydrogen) atoms. The van der Waals surface area contributed by atoms with Crippen LogP contribution in [0.1, 0.15) is 0 Å². The van der Waals surface area contributed by atoms with Gasteiger partial charge in [0.1, 0.15) is 5.75 Å². The molecular formula is C13H14ClNO. The molecule has 0 heterocycles. The third kappa shape index (κ3) is 2.47. The highest BCUT2D eigenvalue weighted by molar-refractivity contribution is 5.85. The van der Waals surface area contributed by atoms with Crippen molar-refractivity contribution >= 4 is 18.1 Å². The molecule has 3 heteroatoms. The van der Waals surface area contributed by atoms with Crippen molar-refractivity contribution in [3.05, 3.63) is 48.5 Å². The summed E-state index contributed by atoms with van der Waals surface area (Å²) < 4.78 is 5.18. The van der Waals surface area contributed by atoms with Crippen LogP contribution in [0.3, 0.4) is 0 Å². The summed E-state index contributed by atoms with van der Waals surface area (Å²) in [5.74, 6) is 0.719. The monoisotopic (exact) mass is 235 g/mol. The highest BCUT2D eigenvalue weighted by atomic mass is 35.5. The maximum Gasteiger partial charge on any atom is 0.142 e. The third-order valence-electron chi connectivity index (χ3n) is 2.34. The molecule has 0 bridgehead atoms. The van der Waals surface area contributed by atoms with Crippen LogP contribution in [0.15, 0.2) is 48.5 Å². The molecule has 2 N–H and O–H groups in total. The van der Waals surface area contributed by atoms with Gasteiger partial charge in [0.25, 0.3) is 0 Å². The van der Waals surface area contributed by atoms with E-state index in [1.807, 2.05) is 36.4 Å². The number of hydrogen-bond acceptors (Lipinski definition) is 2. The maximum absolute atomic E-state index is 5.75. The van der Waals surface area contributed by atoms with E-state index in [0.29, 0.717) is 5.69 Å². The lowest BCUT2D eigenvalue weighted by Gasteiger charge is -2.07. The molecule has 0 amide bonds. The van der Waals surface area contributed by atoms with Crippen LogP contribution < -0.4 is 10.5 Å². The predicted octanol–water partition coefficient (Wildman–Crippen LogP) is 3.37. The minimum absolute atomic E-state index is 0. The summed E-state index contributed by atoms with van der Waals surface area (Å²) in [6.45, 7) is 0. The SMILES string of the molecule is COc1cc(-c2ccccc2)ccc1N.Cl. The Bertz CT molecular complexity index is 457. The molecule has 0 spiro atoms. The molecule has 0 atom stereocenters. The molecule has 0 saturated carbocycles. The normalized spacial score (nSPS) is 9.31. The van der Waals surface area contributed by atoms with E-state index in [2.05, 4.69) is 12.1 Å². The van der Waals surface area contributed by atoms with E-state index < -0.39 is 0 Å². The van der Waals surface area contributed by atoms with Crippen LogP contribution in [-0.4, -0.2) is 7.11 Å². The highest BCUT2D eigenvalue weighted by Gasteiger charge is 2.02. The van der Waals surface area contributed by atoms with Gasteiger partial charge in [-0.2, -0.15) is 0 Å². The van der Waals surface area contributed by atoms with Gasteiger partial charge in [-0.05, 0) is 23.3 Å². The fourth-order valence-electron chi connectivity index (χ4n) is 1.52. The van der Waals surface area contributed by atoms with Gasteiger partial charge in [-0.15, -0.1) is 12.4 Å². The van der Waals surface area contributed by atoms with Gasteiger partial charge in [-0.1, -0.05) is 36.4 Å². The molecule has 2 aromatic rings. The Kier molecular flexibility index (Phi) is 4.20. The molecule has 2 aromatic carbocycles. The first-order valence-electron chi connectivity index (χ1n) is 4.80. The lowest BCUT2D eigenvalue weighted by Crippen LogP contribution is -1.92. The van der Waals surface area contributed by atoms with Crippen molar-refractivity contribution < 1.29 is 4.74 Å². The largest absolute Gasteiger partial charge is 0.495 e. The summed E-state index contributed by atoms with van der Waals surface area (Å²) in [7, 11) is 1.63. The first-order chi connectivity index (χ1) is 7.31. The Balaban J connectivity index is 0.00000128. The lowest BCUT2D eigenvalue weighted by atomic mass is 10.1. The van der Waals surface area contributed by atoms with Crippen LogP contribution in [0.25, 0.3) is 11.1 Å². The zero-order valence-electron chi connectivity index (χ0n) is 9.01. The number of ether oxygens (including phenoxy) is 1. The molecule has 84 valence electrons. The van der Waals surface area contributed by atoms with Gasteiger partial charge in [0, 0.05) is 0 Å². The van der Waals surface area contributed by atoms with E-state index in [0.717, 1.165) is 16.9 Å². The van der Waals surface area contributed by atoms with E-state index in [1.165, 1.54) is 0 Å². The van der Waals surface area contributed by atoms with Gasteiger partial charge in [0.15, 0.2) is 0 Å². The van der Waals surface area contributed by atoms with Gasteiger partial charge in [-0.3, -0.25) is 0 Å². The van der Waals surface area contributed by atoms with E-state index in [9.17, 15) is 0 Å². The standard InChI is InChI=1S/C13H13NO.ClH/c1-15-13-9-11(7-8-12(13)14)10-5-3-2-4-6-10;/h2-9H,14H2,1H3;1H. The zero-order valence-corrected chi connectivity index (χ0v) is 9.83. The number of hydrogen-bond donors (Lipinski definition) is 1. The molecule has 0 unspecified atom stereocenters. The van der Waals surface area contributed by atoms with Gasteiger partial charge < -0.3 is 10.5 Å². The molecule has 0 aliphatic carbocycles. The summed E-state index contributed by atoms with van der Waals surface area (Å²) in [6.07, 6.45) is 0. The molecule has 0 aliphatic heterocycles. The molecule has 0 saturated heterocycles. The molecule has 0 fully saturated rings. The minimum atomic E-state index is 0. The van der Waals surface area contributed by atoms with Crippen molar-refractivity contribution in [2.24, 2.45) is 0 Å². The number of nitrogens with two attached hydrogens (primary N) is 1. The van der Waals surface area contributed by atoms with Crippen molar-refractivity contribution in [2.45, 2.75) is 0 Å².